The van der Waals surface area contributed by atoms with Crippen LogP contribution in [0.5, 0.6) is 0 Å². The Labute approximate surface area is 125 Å². The van der Waals surface area contributed by atoms with E-state index in [0.717, 1.165) is 17.0 Å². The van der Waals surface area contributed by atoms with Crippen molar-refractivity contribution < 1.29 is 5.11 Å². The Kier molecular flexibility index (Phi) is 4.68. The molecule has 1 heterocycles. The molecule has 2 aromatic rings. The van der Waals surface area contributed by atoms with Crippen molar-refractivity contribution in [3.63, 3.8) is 0 Å². The van der Waals surface area contributed by atoms with Gasteiger partial charge in [-0.2, -0.15) is 5.10 Å². The second kappa shape index (κ2) is 6.87. The van der Waals surface area contributed by atoms with Crippen LogP contribution < -0.4 is 5.32 Å². The van der Waals surface area contributed by atoms with Crippen LogP contribution in [-0.4, -0.2) is 28.0 Å². The Bertz CT molecular complexity index is 546. The summed E-state index contributed by atoms with van der Waals surface area (Å²) < 4.78 is 0. The lowest BCUT2D eigenvalue weighted by Gasteiger charge is -2.17. The number of aromatic nitrogens is 2. The lowest BCUT2D eigenvalue weighted by Crippen LogP contribution is -2.31. The zero-order chi connectivity index (χ0) is 14.5. The fourth-order valence-corrected chi connectivity index (χ4v) is 3.07. The van der Waals surface area contributed by atoms with Crippen LogP contribution in [0.4, 0.5) is 0 Å². The predicted molar refractivity (Wildman–Crippen MR) is 83.7 cm³/mol. The van der Waals surface area contributed by atoms with Crippen molar-refractivity contribution in [3.8, 4) is 11.3 Å². The van der Waals surface area contributed by atoms with Crippen molar-refractivity contribution >= 4 is 0 Å². The molecule has 1 saturated carbocycles. The first-order valence-electron chi connectivity index (χ1n) is 7.81. The van der Waals surface area contributed by atoms with Crippen LogP contribution in [0.25, 0.3) is 11.3 Å². The molecule has 0 spiro atoms. The molecule has 0 bridgehead atoms. The lowest BCUT2D eigenvalue weighted by molar-refractivity contribution is 0.109. The van der Waals surface area contributed by atoms with Crippen LogP contribution in [0.3, 0.4) is 0 Å². The largest absolute Gasteiger partial charge is 0.392 e. The quantitative estimate of drug-likeness (QED) is 0.765. The maximum atomic E-state index is 10.1. The maximum Gasteiger partial charge on any atom is 0.0924 e. The summed E-state index contributed by atoms with van der Waals surface area (Å²) in [5.41, 5.74) is 3.13. The second-order valence-corrected chi connectivity index (χ2v) is 5.89. The van der Waals surface area contributed by atoms with Gasteiger partial charge in [-0.05, 0) is 24.8 Å². The fraction of sp³-hybridized carbons (Fsp3) is 0.471. The van der Waals surface area contributed by atoms with Crippen LogP contribution in [0.2, 0.25) is 0 Å². The van der Waals surface area contributed by atoms with E-state index in [1.165, 1.54) is 25.7 Å². The highest BCUT2D eigenvalue weighted by Gasteiger charge is 2.22. The highest BCUT2D eigenvalue weighted by atomic mass is 16.3. The predicted octanol–water partition coefficient (Wildman–Crippen LogP) is 2.72. The fourth-order valence-electron chi connectivity index (χ4n) is 3.07. The molecule has 1 unspecified atom stereocenters. The van der Waals surface area contributed by atoms with Gasteiger partial charge in [0, 0.05) is 24.3 Å². The molecule has 1 aromatic heterocycles. The molecule has 0 aliphatic heterocycles. The van der Waals surface area contributed by atoms with Gasteiger partial charge in [0.15, 0.2) is 0 Å². The number of hydrogen-bond donors (Lipinski definition) is 3. The number of benzene rings is 1. The minimum Gasteiger partial charge on any atom is -0.392 e. The third-order valence-corrected chi connectivity index (χ3v) is 4.31. The molecule has 1 fully saturated rings. The molecule has 4 heteroatoms. The van der Waals surface area contributed by atoms with Crippen molar-refractivity contribution in [2.45, 2.75) is 38.3 Å². The van der Waals surface area contributed by atoms with Gasteiger partial charge in [-0.25, -0.2) is 0 Å². The Morgan fingerprint density at radius 1 is 1.24 bits per heavy atom. The Balaban J connectivity index is 1.49. The third kappa shape index (κ3) is 3.71. The molecule has 1 atom stereocenters. The zero-order valence-electron chi connectivity index (χ0n) is 12.3. The topological polar surface area (TPSA) is 60.9 Å². The van der Waals surface area contributed by atoms with Crippen LogP contribution in [0.1, 0.15) is 31.4 Å². The minimum atomic E-state index is -0.219. The SMILES string of the molecule is OC(CNCc1cc(-c2ccccc2)n[nH]1)C1CCCC1. The third-order valence-electron chi connectivity index (χ3n) is 4.31. The highest BCUT2D eigenvalue weighted by molar-refractivity contribution is 5.58. The number of aliphatic hydroxyl groups is 1. The van der Waals surface area contributed by atoms with Gasteiger partial charge in [-0.15, -0.1) is 0 Å². The zero-order valence-corrected chi connectivity index (χ0v) is 12.3. The molecule has 1 aromatic carbocycles. The van der Waals surface area contributed by atoms with Crippen molar-refractivity contribution in [1.29, 1.82) is 0 Å². The standard InChI is InChI=1S/C17H23N3O/c21-17(14-8-4-5-9-14)12-18-11-15-10-16(20-19-15)13-6-2-1-3-7-13/h1-3,6-7,10,14,17-18,21H,4-5,8-9,11-12H2,(H,19,20). The van der Waals surface area contributed by atoms with Gasteiger partial charge in [0.25, 0.3) is 0 Å². The van der Waals surface area contributed by atoms with E-state index in [2.05, 4.69) is 33.7 Å². The number of rotatable bonds is 6. The van der Waals surface area contributed by atoms with E-state index in [1.807, 2.05) is 18.2 Å². The van der Waals surface area contributed by atoms with Crippen molar-refractivity contribution in [2.75, 3.05) is 6.54 Å². The molecule has 1 aliphatic carbocycles. The smallest absolute Gasteiger partial charge is 0.0924 e. The Morgan fingerprint density at radius 3 is 2.76 bits per heavy atom. The first-order chi connectivity index (χ1) is 10.3. The molecule has 112 valence electrons. The van der Waals surface area contributed by atoms with Crippen LogP contribution in [0, 0.1) is 5.92 Å². The average Bonchev–Trinajstić information content (AvgIpc) is 3.20. The highest BCUT2D eigenvalue weighted by Crippen LogP contribution is 2.27. The summed E-state index contributed by atoms with van der Waals surface area (Å²) in [6.07, 6.45) is 4.66. The molecular formula is C17H23N3O. The summed E-state index contributed by atoms with van der Waals surface area (Å²) >= 11 is 0. The number of aromatic amines is 1. The molecule has 0 amide bonds. The van der Waals surface area contributed by atoms with E-state index in [4.69, 9.17) is 0 Å². The van der Waals surface area contributed by atoms with Gasteiger partial charge < -0.3 is 10.4 Å². The summed E-state index contributed by atoms with van der Waals surface area (Å²) in [5, 5.41) is 20.8. The first kappa shape index (κ1) is 14.3. The van der Waals surface area contributed by atoms with E-state index in [0.29, 0.717) is 19.0 Å². The monoisotopic (exact) mass is 285 g/mol. The minimum absolute atomic E-state index is 0.219. The van der Waals surface area contributed by atoms with Gasteiger partial charge in [-0.3, -0.25) is 5.10 Å². The Hall–Kier alpha value is -1.65. The molecule has 0 radical (unpaired) electrons. The number of hydrogen-bond acceptors (Lipinski definition) is 3. The number of aliphatic hydroxyl groups excluding tert-OH is 1. The number of nitrogens with one attached hydrogen (secondary N) is 2. The molecule has 4 nitrogen and oxygen atoms in total. The first-order valence-corrected chi connectivity index (χ1v) is 7.81. The van der Waals surface area contributed by atoms with E-state index >= 15 is 0 Å². The number of H-pyrrole nitrogens is 1. The van der Waals surface area contributed by atoms with Crippen LogP contribution in [0.15, 0.2) is 36.4 Å². The van der Waals surface area contributed by atoms with Crippen LogP contribution in [-0.2, 0) is 6.54 Å². The van der Waals surface area contributed by atoms with Gasteiger partial charge in [0.05, 0.1) is 11.8 Å². The number of nitrogens with zero attached hydrogens (tertiary/aromatic N) is 1. The summed E-state index contributed by atoms with van der Waals surface area (Å²) in [6, 6.07) is 12.2. The lowest BCUT2D eigenvalue weighted by atomic mass is 10.0. The second-order valence-electron chi connectivity index (χ2n) is 5.89. The van der Waals surface area contributed by atoms with E-state index in [9.17, 15) is 5.11 Å². The van der Waals surface area contributed by atoms with Gasteiger partial charge in [-0.1, -0.05) is 43.2 Å². The van der Waals surface area contributed by atoms with Crippen LogP contribution >= 0.6 is 0 Å². The van der Waals surface area contributed by atoms with Gasteiger partial charge in [0.1, 0.15) is 0 Å². The maximum absolute atomic E-state index is 10.1. The van der Waals surface area contributed by atoms with E-state index < -0.39 is 0 Å². The molecular weight excluding hydrogens is 262 g/mol. The summed E-state index contributed by atoms with van der Waals surface area (Å²) in [5.74, 6) is 0.485. The van der Waals surface area contributed by atoms with Crippen molar-refractivity contribution in [1.82, 2.24) is 15.5 Å². The summed E-state index contributed by atoms with van der Waals surface area (Å²) in [6.45, 7) is 1.37. The molecule has 3 N–H and O–H groups in total. The van der Waals surface area contributed by atoms with Gasteiger partial charge >= 0.3 is 0 Å². The van der Waals surface area contributed by atoms with E-state index in [-0.39, 0.29) is 6.10 Å². The molecule has 0 saturated heterocycles. The molecule has 21 heavy (non-hydrogen) atoms. The van der Waals surface area contributed by atoms with Gasteiger partial charge in [0.2, 0.25) is 0 Å². The normalized spacial score (nSPS) is 17.2. The summed E-state index contributed by atoms with van der Waals surface area (Å²) in [4.78, 5) is 0. The molecule has 1 aliphatic rings. The Morgan fingerprint density at radius 2 is 2.00 bits per heavy atom. The average molecular weight is 285 g/mol. The van der Waals surface area contributed by atoms with Crippen molar-refractivity contribution in [3.05, 3.63) is 42.1 Å². The van der Waals surface area contributed by atoms with Crippen molar-refractivity contribution in [2.24, 2.45) is 5.92 Å². The summed E-state index contributed by atoms with van der Waals surface area (Å²) in [7, 11) is 0. The molecule has 3 rings (SSSR count). The van der Waals surface area contributed by atoms with E-state index in [1.54, 1.807) is 0 Å².